The summed E-state index contributed by atoms with van der Waals surface area (Å²) < 4.78 is 4.76. The van der Waals surface area contributed by atoms with Gasteiger partial charge in [-0.1, -0.05) is 0 Å². The van der Waals surface area contributed by atoms with Gasteiger partial charge in [0, 0.05) is 22.9 Å². The molecule has 4 heteroatoms. The number of carbonyl (C=O) groups is 1. The minimum atomic E-state index is -0.267. The molecule has 0 radical (unpaired) electrons. The number of hydrogen-bond acceptors (Lipinski definition) is 4. The molecule has 11 heavy (non-hydrogen) atoms. The first kappa shape index (κ1) is 8.07. The maximum absolute atomic E-state index is 10.4. The predicted octanol–water partition coefficient (Wildman–Crippen LogP) is 1.39. The van der Waals surface area contributed by atoms with Crippen LogP contribution in [0.4, 0.5) is 5.69 Å². The van der Waals surface area contributed by atoms with Gasteiger partial charge < -0.3 is 10.5 Å². The third kappa shape index (κ3) is 2.59. The highest BCUT2D eigenvalue weighted by atomic mass is 32.1. The van der Waals surface area contributed by atoms with Crippen LogP contribution in [0.5, 0.6) is 0 Å². The zero-order valence-corrected chi connectivity index (χ0v) is 6.98. The fourth-order valence-electron chi connectivity index (χ4n) is 0.646. The van der Waals surface area contributed by atoms with Crippen LogP contribution in [-0.4, -0.2) is 5.97 Å². The fraction of sp³-hybridized carbons (Fsp3) is 0.286. The number of nitrogen functional groups attached to an aromatic ring is 1. The van der Waals surface area contributed by atoms with Crippen molar-refractivity contribution in [2.75, 3.05) is 5.73 Å². The van der Waals surface area contributed by atoms with Crippen LogP contribution in [0.1, 0.15) is 11.8 Å². The highest BCUT2D eigenvalue weighted by Gasteiger charge is 1.98. The molecule has 0 atom stereocenters. The number of esters is 1. The Labute approximate surface area is 68.8 Å². The van der Waals surface area contributed by atoms with Crippen molar-refractivity contribution in [3.63, 3.8) is 0 Å². The first-order chi connectivity index (χ1) is 5.18. The van der Waals surface area contributed by atoms with Gasteiger partial charge >= 0.3 is 5.97 Å². The summed E-state index contributed by atoms with van der Waals surface area (Å²) in [5.74, 6) is -0.267. The Bertz CT molecular complexity index is 257. The molecule has 60 valence electrons. The van der Waals surface area contributed by atoms with E-state index in [1.807, 2.05) is 5.38 Å². The van der Waals surface area contributed by atoms with Crippen molar-refractivity contribution in [3.05, 3.63) is 16.3 Å². The summed E-state index contributed by atoms with van der Waals surface area (Å²) in [5, 5.41) is 1.82. The monoisotopic (exact) mass is 171 g/mol. The smallest absolute Gasteiger partial charge is 0.302 e. The van der Waals surface area contributed by atoms with Gasteiger partial charge in [0.15, 0.2) is 0 Å². The molecular formula is C7H9NO2S. The summed E-state index contributed by atoms with van der Waals surface area (Å²) in [5.41, 5.74) is 6.17. The maximum Gasteiger partial charge on any atom is 0.302 e. The molecule has 0 amide bonds. The van der Waals surface area contributed by atoms with Crippen LogP contribution in [0.25, 0.3) is 0 Å². The average Bonchev–Trinajstić information content (AvgIpc) is 2.31. The lowest BCUT2D eigenvalue weighted by atomic mass is 10.4. The summed E-state index contributed by atoms with van der Waals surface area (Å²) in [4.78, 5) is 11.3. The molecule has 0 saturated heterocycles. The Kier molecular flexibility index (Phi) is 2.48. The van der Waals surface area contributed by atoms with Crippen LogP contribution >= 0.6 is 11.3 Å². The summed E-state index contributed by atoms with van der Waals surface area (Å²) in [6.45, 7) is 1.72. The van der Waals surface area contributed by atoms with Gasteiger partial charge in [0.1, 0.15) is 6.61 Å². The van der Waals surface area contributed by atoms with Crippen molar-refractivity contribution in [1.29, 1.82) is 0 Å². The molecule has 0 aliphatic carbocycles. The van der Waals surface area contributed by atoms with E-state index in [-0.39, 0.29) is 5.97 Å². The van der Waals surface area contributed by atoms with Gasteiger partial charge in [-0.15, -0.1) is 11.3 Å². The molecule has 0 bridgehead atoms. The fourth-order valence-corrected chi connectivity index (χ4v) is 1.33. The molecule has 0 aliphatic heterocycles. The van der Waals surface area contributed by atoms with Gasteiger partial charge in [0.2, 0.25) is 0 Å². The molecule has 0 spiro atoms. The highest BCUT2D eigenvalue weighted by Crippen LogP contribution is 2.16. The molecule has 1 aromatic heterocycles. The Morgan fingerprint density at radius 1 is 1.82 bits per heavy atom. The van der Waals surface area contributed by atoms with Crippen LogP contribution in [0.15, 0.2) is 11.4 Å². The third-order valence-corrected chi connectivity index (χ3v) is 2.02. The lowest BCUT2D eigenvalue weighted by Crippen LogP contribution is -1.96. The molecule has 0 saturated carbocycles. The number of rotatable bonds is 2. The van der Waals surface area contributed by atoms with Gasteiger partial charge in [-0.3, -0.25) is 4.79 Å². The zero-order chi connectivity index (χ0) is 8.27. The highest BCUT2D eigenvalue weighted by molar-refractivity contribution is 7.10. The first-order valence-electron chi connectivity index (χ1n) is 3.15. The van der Waals surface area contributed by atoms with Gasteiger partial charge in [-0.2, -0.15) is 0 Å². The summed E-state index contributed by atoms with van der Waals surface area (Å²) >= 11 is 1.49. The van der Waals surface area contributed by atoms with E-state index in [1.165, 1.54) is 18.3 Å². The lowest BCUT2D eigenvalue weighted by molar-refractivity contribution is -0.142. The number of hydrogen-bond donors (Lipinski definition) is 1. The van der Waals surface area contributed by atoms with Crippen molar-refractivity contribution in [2.24, 2.45) is 0 Å². The van der Waals surface area contributed by atoms with E-state index in [0.717, 1.165) is 10.6 Å². The Balaban J connectivity index is 2.45. The normalized spacial score (nSPS) is 9.55. The van der Waals surface area contributed by atoms with Crippen LogP contribution in [0.3, 0.4) is 0 Å². The Hall–Kier alpha value is -1.03. The molecule has 3 nitrogen and oxygen atoms in total. The standard InChI is InChI=1S/C7H9NO2S/c1-5(9)10-3-7-2-6(8)4-11-7/h2,4H,3,8H2,1H3. The number of nitrogens with two attached hydrogens (primary N) is 1. The molecule has 0 aromatic carbocycles. The summed E-state index contributed by atoms with van der Waals surface area (Å²) in [6, 6.07) is 1.80. The van der Waals surface area contributed by atoms with Gasteiger partial charge in [-0.25, -0.2) is 0 Å². The average molecular weight is 171 g/mol. The van der Waals surface area contributed by atoms with E-state index in [9.17, 15) is 4.79 Å². The van der Waals surface area contributed by atoms with Crippen LogP contribution < -0.4 is 5.73 Å². The molecule has 0 unspecified atom stereocenters. The van der Waals surface area contributed by atoms with Crippen molar-refractivity contribution in [2.45, 2.75) is 13.5 Å². The number of carbonyl (C=O) groups excluding carboxylic acids is 1. The van der Waals surface area contributed by atoms with Crippen LogP contribution in [0.2, 0.25) is 0 Å². The maximum atomic E-state index is 10.4. The van der Waals surface area contributed by atoms with E-state index in [4.69, 9.17) is 10.5 Å². The van der Waals surface area contributed by atoms with E-state index in [1.54, 1.807) is 6.07 Å². The second kappa shape index (κ2) is 3.39. The summed E-state index contributed by atoms with van der Waals surface area (Å²) in [6.07, 6.45) is 0. The quantitative estimate of drug-likeness (QED) is 0.684. The molecule has 0 fully saturated rings. The molecule has 1 heterocycles. The largest absolute Gasteiger partial charge is 0.460 e. The van der Waals surface area contributed by atoms with Crippen molar-refractivity contribution < 1.29 is 9.53 Å². The van der Waals surface area contributed by atoms with Crippen molar-refractivity contribution >= 4 is 23.0 Å². The SMILES string of the molecule is CC(=O)OCc1cc(N)cs1. The van der Waals surface area contributed by atoms with Crippen molar-refractivity contribution in [1.82, 2.24) is 0 Å². The molecule has 1 aromatic rings. The van der Waals surface area contributed by atoms with Gasteiger partial charge in [0.25, 0.3) is 0 Å². The molecular weight excluding hydrogens is 162 g/mol. The second-order valence-corrected chi connectivity index (χ2v) is 3.12. The number of thiophene rings is 1. The van der Waals surface area contributed by atoms with Crippen LogP contribution in [-0.2, 0) is 16.1 Å². The minimum Gasteiger partial charge on any atom is -0.460 e. The van der Waals surface area contributed by atoms with E-state index in [0.29, 0.717) is 6.61 Å². The minimum absolute atomic E-state index is 0.267. The van der Waals surface area contributed by atoms with E-state index in [2.05, 4.69) is 0 Å². The zero-order valence-electron chi connectivity index (χ0n) is 6.16. The Morgan fingerprint density at radius 2 is 2.55 bits per heavy atom. The molecule has 2 N–H and O–H groups in total. The van der Waals surface area contributed by atoms with Crippen LogP contribution in [0, 0.1) is 0 Å². The topological polar surface area (TPSA) is 52.3 Å². The third-order valence-electron chi connectivity index (χ3n) is 1.09. The second-order valence-electron chi connectivity index (χ2n) is 2.13. The van der Waals surface area contributed by atoms with Crippen molar-refractivity contribution in [3.8, 4) is 0 Å². The molecule has 0 aliphatic rings. The number of anilines is 1. The van der Waals surface area contributed by atoms with Gasteiger partial charge in [0.05, 0.1) is 0 Å². The van der Waals surface area contributed by atoms with Gasteiger partial charge in [-0.05, 0) is 6.07 Å². The van der Waals surface area contributed by atoms with E-state index >= 15 is 0 Å². The first-order valence-corrected chi connectivity index (χ1v) is 4.02. The number of ether oxygens (including phenoxy) is 1. The lowest BCUT2D eigenvalue weighted by Gasteiger charge is -1.96. The molecule has 1 rings (SSSR count). The van der Waals surface area contributed by atoms with E-state index < -0.39 is 0 Å². The predicted molar refractivity (Wildman–Crippen MR) is 44.2 cm³/mol. The Morgan fingerprint density at radius 3 is 3.00 bits per heavy atom. The summed E-state index contributed by atoms with van der Waals surface area (Å²) in [7, 11) is 0.